The Bertz CT molecular complexity index is 546. The van der Waals surface area contributed by atoms with Crippen LogP contribution in [0.2, 0.25) is 5.28 Å². The minimum absolute atomic E-state index is 0.234. The van der Waals surface area contributed by atoms with Crippen molar-refractivity contribution < 1.29 is 17.9 Å². The lowest BCUT2D eigenvalue weighted by atomic mass is 10.3. The number of hydrogen-bond donors (Lipinski definition) is 0. The van der Waals surface area contributed by atoms with Crippen LogP contribution in [0.3, 0.4) is 0 Å². The van der Waals surface area contributed by atoms with E-state index in [2.05, 4.69) is 9.97 Å². The quantitative estimate of drug-likeness (QED) is 0.778. The summed E-state index contributed by atoms with van der Waals surface area (Å²) in [5.41, 5.74) is -1.07. The lowest BCUT2D eigenvalue weighted by molar-refractivity contribution is -0.139. The van der Waals surface area contributed by atoms with Gasteiger partial charge in [-0.3, -0.25) is 0 Å². The number of halogens is 4. The minimum atomic E-state index is -4.60. The molecule has 0 aliphatic heterocycles. The molecule has 0 saturated carbocycles. The van der Waals surface area contributed by atoms with Crippen LogP contribution < -0.4 is 4.74 Å². The fourth-order valence-electron chi connectivity index (χ4n) is 1.22. The van der Waals surface area contributed by atoms with Crippen molar-refractivity contribution in [2.45, 2.75) is 6.18 Å². The highest BCUT2D eigenvalue weighted by molar-refractivity contribution is 6.28. The third-order valence-electron chi connectivity index (χ3n) is 1.99. The molecule has 94 valence electrons. The van der Waals surface area contributed by atoms with Gasteiger partial charge in [0.05, 0.1) is 0 Å². The first kappa shape index (κ1) is 12.6. The molecule has 0 N–H and O–H groups in total. The number of rotatable bonds is 2. The fourth-order valence-corrected chi connectivity index (χ4v) is 1.34. The number of nitrogens with zero attached hydrogens (tertiary/aromatic N) is 2. The monoisotopic (exact) mass is 274 g/mol. The van der Waals surface area contributed by atoms with E-state index >= 15 is 0 Å². The van der Waals surface area contributed by atoms with Gasteiger partial charge in [-0.15, -0.1) is 0 Å². The molecule has 0 aliphatic rings. The predicted molar refractivity (Wildman–Crippen MR) is 58.6 cm³/mol. The average molecular weight is 275 g/mol. The Balaban J connectivity index is 2.40. The summed E-state index contributed by atoms with van der Waals surface area (Å²) in [5.74, 6) is -0.383. The van der Waals surface area contributed by atoms with E-state index in [0.717, 1.165) is 0 Å². The molecule has 0 atom stereocenters. The number of hydrogen-bond acceptors (Lipinski definition) is 3. The Labute approximate surface area is 105 Å². The zero-order chi connectivity index (χ0) is 13.2. The first-order valence-corrected chi connectivity index (χ1v) is 5.17. The molecule has 0 radical (unpaired) electrons. The van der Waals surface area contributed by atoms with E-state index in [9.17, 15) is 13.2 Å². The van der Waals surface area contributed by atoms with E-state index in [0.29, 0.717) is 6.20 Å². The van der Waals surface area contributed by atoms with Gasteiger partial charge in [0.2, 0.25) is 11.2 Å². The second-order valence-electron chi connectivity index (χ2n) is 3.27. The van der Waals surface area contributed by atoms with Crippen molar-refractivity contribution in [3.8, 4) is 11.6 Å². The van der Waals surface area contributed by atoms with E-state index in [1.165, 1.54) is 12.1 Å². The summed E-state index contributed by atoms with van der Waals surface area (Å²) >= 11 is 5.46. The SMILES string of the molecule is FC(F)(F)c1cnc(Cl)nc1Oc1ccccc1. The second kappa shape index (κ2) is 4.81. The van der Waals surface area contributed by atoms with Crippen LogP contribution >= 0.6 is 11.6 Å². The summed E-state index contributed by atoms with van der Waals surface area (Å²) in [6.07, 6.45) is -4.01. The van der Waals surface area contributed by atoms with Crippen LogP contribution in [0.25, 0.3) is 0 Å². The minimum Gasteiger partial charge on any atom is -0.438 e. The maximum Gasteiger partial charge on any atom is 0.423 e. The second-order valence-corrected chi connectivity index (χ2v) is 3.61. The van der Waals surface area contributed by atoms with Gasteiger partial charge in [0, 0.05) is 6.20 Å². The number of para-hydroxylation sites is 1. The third kappa shape index (κ3) is 2.89. The largest absolute Gasteiger partial charge is 0.438 e. The van der Waals surface area contributed by atoms with Crippen LogP contribution in [0.4, 0.5) is 13.2 Å². The summed E-state index contributed by atoms with van der Waals surface area (Å²) < 4.78 is 43.1. The Hall–Kier alpha value is -1.82. The summed E-state index contributed by atoms with van der Waals surface area (Å²) in [6.45, 7) is 0. The molecule has 0 saturated heterocycles. The van der Waals surface area contributed by atoms with Gasteiger partial charge >= 0.3 is 6.18 Å². The molecule has 1 aromatic heterocycles. The highest BCUT2D eigenvalue weighted by Crippen LogP contribution is 2.36. The molecule has 0 unspecified atom stereocenters. The zero-order valence-electron chi connectivity index (χ0n) is 8.78. The average Bonchev–Trinajstić information content (AvgIpc) is 2.28. The predicted octanol–water partition coefficient (Wildman–Crippen LogP) is 3.94. The van der Waals surface area contributed by atoms with Crippen LogP contribution in [-0.2, 0) is 6.18 Å². The highest BCUT2D eigenvalue weighted by Gasteiger charge is 2.36. The highest BCUT2D eigenvalue weighted by atomic mass is 35.5. The summed E-state index contributed by atoms with van der Waals surface area (Å²) in [7, 11) is 0. The molecule has 1 aromatic carbocycles. The van der Waals surface area contributed by atoms with E-state index in [-0.39, 0.29) is 11.0 Å². The molecule has 2 rings (SSSR count). The topological polar surface area (TPSA) is 35.0 Å². The van der Waals surface area contributed by atoms with Gasteiger partial charge in [-0.05, 0) is 23.7 Å². The Morgan fingerprint density at radius 3 is 2.39 bits per heavy atom. The molecule has 7 heteroatoms. The van der Waals surface area contributed by atoms with Crippen molar-refractivity contribution in [2.75, 3.05) is 0 Å². The smallest absolute Gasteiger partial charge is 0.423 e. The molecule has 18 heavy (non-hydrogen) atoms. The normalized spacial score (nSPS) is 11.3. The van der Waals surface area contributed by atoms with Crippen LogP contribution in [-0.4, -0.2) is 9.97 Å². The molecule has 0 bridgehead atoms. The van der Waals surface area contributed by atoms with Crippen molar-refractivity contribution in [1.29, 1.82) is 0 Å². The Morgan fingerprint density at radius 1 is 1.11 bits per heavy atom. The van der Waals surface area contributed by atoms with Gasteiger partial charge in [-0.1, -0.05) is 18.2 Å². The van der Waals surface area contributed by atoms with Gasteiger partial charge in [-0.2, -0.15) is 18.2 Å². The number of ether oxygens (including phenoxy) is 1. The first-order chi connectivity index (χ1) is 8.47. The van der Waals surface area contributed by atoms with Gasteiger partial charge < -0.3 is 4.74 Å². The van der Waals surface area contributed by atoms with Crippen LogP contribution in [0.5, 0.6) is 11.6 Å². The molecule has 0 amide bonds. The number of aromatic nitrogens is 2. The van der Waals surface area contributed by atoms with E-state index in [4.69, 9.17) is 16.3 Å². The molecular weight excluding hydrogens is 269 g/mol. The zero-order valence-corrected chi connectivity index (χ0v) is 9.53. The van der Waals surface area contributed by atoms with Gasteiger partial charge in [-0.25, -0.2) is 4.98 Å². The Morgan fingerprint density at radius 2 is 1.78 bits per heavy atom. The van der Waals surface area contributed by atoms with Crippen LogP contribution in [0, 0.1) is 0 Å². The summed E-state index contributed by atoms with van der Waals surface area (Å²) in [6, 6.07) is 7.99. The molecule has 2 aromatic rings. The molecule has 3 nitrogen and oxygen atoms in total. The van der Waals surface area contributed by atoms with E-state index < -0.39 is 17.6 Å². The van der Waals surface area contributed by atoms with Gasteiger partial charge in [0.25, 0.3) is 0 Å². The molecule has 0 spiro atoms. The van der Waals surface area contributed by atoms with Crippen molar-refractivity contribution in [2.24, 2.45) is 0 Å². The van der Waals surface area contributed by atoms with Crippen molar-refractivity contribution in [3.63, 3.8) is 0 Å². The van der Waals surface area contributed by atoms with Crippen molar-refractivity contribution >= 4 is 11.6 Å². The van der Waals surface area contributed by atoms with E-state index in [1.807, 2.05) is 0 Å². The van der Waals surface area contributed by atoms with Crippen LogP contribution in [0.1, 0.15) is 5.56 Å². The molecular formula is C11H6ClF3N2O. The molecule has 0 fully saturated rings. The number of alkyl halides is 3. The van der Waals surface area contributed by atoms with Gasteiger partial charge in [0.1, 0.15) is 11.3 Å². The van der Waals surface area contributed by atoms with Crippen molar-refractivity contribution in [1.82, 2.24) is 9.97 Å². The maximum absolute atomic E-state index is 12.7. The standard InChI is InChI=1S/C11H6ClF3N2O/c12-10-16-6-8(11(13,14)15)9(17-10)18-7-4-2-1-3-5-7/h1-6H. The Kier molecular flexibility index (Phi) is 3.38. The summed E-state index contributed by atoms with van der Waals surface area (Å²) in [4.78, 5) is 6.75. The molecule has 0 aliphatic carbocycles. The molecule has 1 heterocycles. The maximum atomic E-state index is 12.7. The number of benzene rings is 1. The van der Waals surface area contributed by atoms with Gasteiger partial charge in [0.15, 0.2) is 0 Å². The fraction of sp³-hybridized carbons (Fsp3) is 0.0909. The third-order valence-corrected chi connectivity index (χ3v) is 2.17. The first-order valence-electron chi connectivity index (χ1n) is 4.79. The lowest BCUT2D eigenvalue weighted by Gasteiger charge is -2.11. The van der Waals surface area contributed by atoms with Crippen LogP contribution in [0.15, 0.2) is 36.5 Å². The summed E-state index contributed by atoms with van der Waals surface area (Å²) in [5, 5.41) is -0.311. The van der Waals surface area contributed by atoms with E-state index in [1.54, 1.807) is 18.2 Å². The van der Waals surface area contributed by atoms with Crippen molar-refractivity contribution in [3.05, 3.63) is 47.4 Å². The lowest BCUT2D eigenvalue weighted by Crippen LogP contribution is -2.09.